The maximum atomic E-state index is 4.89. The normalized spacial score (nSPS) is 20.1. The first-order valence-electron chi connectivity index (χ1n) is 20.6. The van der Waals surface area contributed by atoms with Crippen LogP contribution in [0.3, 0.4) is 0 Å². The van der Waals surface area contributed by atoms with E-state index in [1.165, 1.54) is 87.0 Å². The summed E-state index contributed by atoms with van der Waals surface area (Å²) >= 11 is 0. The predicted molar refractivity (Wildman–Crippen MR) is 233 cm³/mol. The molecule has 2 heterocycles. The van der Waals surface area contributed by atoms with Gasteiger partial charge in [0.05, 0.1) is 0 Å². The van der Waals surface area contributed by atoms with Crippen LogP contribution in [-0.2, 0) is 52.6 Å². The largest absolute Gasteiger partial charge is 0.304 e. The summed E-state index contributed by atoms with van der Waals surface area (Å²) in [4.78, 5) is 9.57. The van der Waals surface area contributed by atoms with Crippen molar-refractivity contribution in [3.63, 3.8) is 0 Å². The third-order valence-corrected chi connectivity index (χ3v) is 13.9. The maximum Gasteiger partial charge on any atom is 0.0239 e. The molecular formula is C53H60IrN2-2. The Bertz CT molecular complexity index is 2460. The molecule has 2 nitrogen and oxygen atoms in total. The van der Waals surface area contributed by atoms with Crippen molar-refractivity contribution in [2.45, 2.75) is 148 Å². The first kappa shape index (κ1) is 40.5. The van der Waals surface area contributed by atoms with Gasteiger partial charge in [0.15, 0.2) is 0 Å². The SMILES string of the molecule is CC1(C)CCC(C)(C)c2cc3cc(-c4[c-]cc5c(c4)C(C)(C)CC5(C)C)ncc3cc21.CC1(C)CCC(C)(C)c2cc3cc(-c4[c-]cccc4)ncc3cc21.[Ir]. The Morgan fingerprint density at radius 3 is 1.29 bits per heavy atom. The molecule has 0 spiro atoms. The van der Waals surface area contributed by atoms with Crippen LogP contribution >= 0.6 is 0 Å². The van der Waals surface area contributed by atoms with Gasteiger partial charge in [-0.1, -0.05) is 107 Å². The Morgan fingerprint density at radius 2 is 0.839 bits per heavy atom. The minimum atomic E-state index is 0. The van der Waals surface area contributed by atoms with E-state index in [1.54, 1.807) is 0 Å². The van der Waals surface area contributed by atoms with Crippen LogP contribution in [0.25, 0.3) is 44.1 Å². The summed E-state index contributed by atoms with van der Waals surface area (Å²) in [6.45, 7) is 28.5. The zero-order valence-corrected chi connectivity index (χ0v) is 38.2. The third-order valence-electron chi connectivity index (χ3n) is 13.9. The Hall–Kier alpha value is -3.65. The van der Waals surface area contributed by atoms with E-state index < -0.39 is 0 Å². The van der Waals surface area contributed by atoms with Crippen molar-refractivity contribution in [3.05, 3.63) is 131 Å². The molecule has 0 saturated heterocycles. The summed E-state index contributed by atoms with van der Waals surface area (Å²) in [7, 11) is 0. The average Bonchev–Trinajstić information content (AvgIpc) is 3.33. The summed E-state index contributed by atoms with van der Waals surface area (Å²) in [5, 5.41) is 5.06. The van der Waals surface area contributed by atoms with Crippen LogP contribution in [0.1, 0.15) is 149 Å². The van der Waals surface area contributed by atoms with Gasteiger partial charge in [-0.05, 0) is 132 Å². The van der Waals surface area contributed by atoms with Crippen molar-refractivity contribution in [1.82, 2.24) is 9.97 Å². The standard InChI is InChI=1S/C30H36N.C23H24N.Ir/c1-27(2)11-12-28(3,4)25-15-21-17-31-26(16-20(21)14-24(25)27)19-9-10-22-23(13-19)30(7,8)18-29(22,5)6;1-22(2)10-11-23(3,4)20-13-18-15-24-21(14-17(18)12-19(20)22)16-8-6-5-7-9-16;/h10,13-17H,11-12,18H2,1-8H3;5-8,12-15H,10-11H2,1-4H3;/q2*-1;. The quantitative estimate of drug-likeness (QED) is 0.162. The molecular weight excluding hydrogens is 857 g/mol. The monoisotopic (exact) mass is 917 g/mol. The van der Waals surface area contributed by atoms with Gasteiger partial charge in [-0.15, -0.1) is 70.8 Å². The molecule has 0 aliphatic heterocycles. The van der Waals surface area contributed by atoms with Crippen molar-refractivity contribution in [3.8, 4) is 22.5 Å². The molecule has 3 aliphatic carbocycles. The molecule has 0 fully saturated rings. The second-order valence-corrected chi connectivity index (χ2v) is 21.1. The van der Waals surface area contributed by atoms with Gasteiger partial charge in [-0.25, -0.2) is 0 Å². The number of hydrogen-bond acceptors (Lipinski definition) is 2. The Kier molecular flexibility index (Phi) is 9.94. The van der Waals surface area contributed by atoms with E-state index >= 15 is 0 Å². The van der Waals surface area contributed by atoms with E-state index in [0.717, 1.165) is 22.5 Å². The fourth-order valence-electron chi connectivity index (χ4n) is 10.3. The predicted octanol–water partition coefficient (Wildman–Crippen LogP) is 14.1. The Labute approximate surface area is 350 Å². The van der Waals surface area contributed by atoms with Crippen LogP contribution in [0.4, 0.5) is 0 Å². The van der Waals surface area contributed by atoms with Gasteiger partial charge in [-0.2, -0.15) is 0 Å². The smallest absolute Gasteiger partial charge is 0.0239 e. The molecule has 1 radical (unpaired) electrons. The molecule has 4 aromatic carbocycles. The van der Waals surface area contributed by atoms with Crippen molar-refractivity contribution >= 4 is 21.5 Å². The number of rotatable bonds is 2. The van der Waals surface area contributed by atoms with Gasteiger partial charge >= 0.3 is 0 Å². The van der Waals surface area contributed by atoms with Crippen molar-refractivity contribution in [1.29, 1.82) is 0 Å². The molecule has 56 heavy (non-hydrogen) atoms. The first-order valence-corrected chi connectivity index (χ1v) is 20.6. The minimum absolute atomic E-state index is 0. The van der Waals surface area contributed by atoms with Gasteiger partial charge in [-0.3, -0.25) is 0 Å². The van der Waals surface area contributed by atoms with E-state index in [1.807, 2.05) is 24.4 Å². The molecule has 0 saturated carbocycles. The molecule has 0 N–H and O–H groups in total. The second-order valence-electron chi connectivity index (χ2n) is 21.1. The maximum absolute atomic E-state index is 4.89. The van der Waals surface area contributed by atoms with Crippen molar-refractivity contribution < 1.29 is 20.1 Å². The molecule has 6 aromatic rings. The summed E-state index contributed by atoms with van der Waals surface area (Å²) in [6, 6.07) is 33.6. The number of aromatic nitrogens is 2. The Balaban J connectivity index is 0.000000174. The van der Waals surface area contributed by atoms with Gasteiger partial charge in [0, 0.05) is 32.5 Å². The van der Waals surface area contributed by atoms with Gasteiger partial charge in [0.1, 0.15) is 0 Å². The molecule has 293 valence electrons. The zero-order valence-electron chi connectivity index (χ0n) is 35.8. The van der Waals surface area contributed by atoms with Crippen LogP contribution in [0, 0.1) is 12.1 Å². The molecule has 2 aromatic heterocycles. The van der Waals surface area contributed by atoms with Gasteiger partial charge in [0.2, 0.25) is 0 Å². The molecule has 0 bridgehead atoms. The van der Waals surface area contributed by atoms with E-state index in [4.69, 9.17) is 4.98 Å². The van der Waals surface area contributed by atoms with Crippen LogP contribution in [-0.4, -0.2) is 9.97 Å². The number of benzene rings is 4. The average molecular weight is 917 g/mol. The van der Waals surface area contributed by atoms with Crippen molar-refractivity contribution in [2.24, 2.45) is 0 Å². The van der Waals surface area contributed by atoms with Crippen LogP contribution in [0.15, 0.2) is 85.2 Å². The van der Waals surface area contributed by atoms with Crippen LogP contribution < -0.4 is 0 Å². The fraction of sp³-hybridized carbons (Fsp3) is 0.434. The summed E-state index contributed by atoms with van der Waals surface area (Å²) in [6.07, 6.45) is 10.2. The molecule has 0 unspecified atom stereocenters. The zero-order chi connectivity index (χ0) is 39.3. The molecule has 0 amide bonds. The minimum Gasteiger partial charge on any atom is -0.304 e. The number of nitrogens with zero attached hydrogens (tertiary/aromatic N) is 2. The summed E-state index contributed by atoms with van der Waals surface area (Å²) < 4.78 is 0. The summed E-state index contributed by atoms with van der Waals surface area (Å²) in [5.74, 6) is 0. The van der Waals surface area contributed by atoms with Crippen molar-refractivity contribution in [2.75, 3.05) is 0 Å². The van der Waals surface area contributed by atoms with Crippen LogP contribution in [0.2, 0.25) is 0 Å². The van der Waals surface area contributed by atoms with Crippen LogP contribution in [0.5, 0.6) is 0 Å². The summed E-state index contributed by atoms with van der Waals surface area (Å²) in [5.41, 5.74) is 14.4. The van der Waals surface area contributed by atoms with Gasteiger partial charge in [0.25, 0.3) is 0 Å². The number of pyridine rings is 2. The number of fused-ring (bicyclic) bond motifs is 5. The van der Waals surface area contributed by atoms with E-state index in [0.29, 0.717) is 0 Å². The van der Waals surface area contributed by atoms with E-state index in [9.17, 15) is 0 Å². The van der Waals surface area contributed by atoms with Gasteiger partial charge < -0.3 is 9.97 Å². The molecule has 3 heteroatoms. The van der Waals surface area contributed by atoms with E-state index in [2.05, 4.69) is 161 Å². The molecule has 3 aliphatic rings. The Morgan fingerprint density at radius 1 is 0.429 bits per heavy atom. The third kappa shape index (κ3) is 7.11. The topological polar surface area (TPSA) is 25.8 Å². The number of hydrogen-bond donors (Lipinski definition) is 0. The molecule has 0 atom stereocenters. The second kappa shape index (κ2) is 13.7. The molecule has 9 rings (SSSR count). The first-order chi connectivity index (χ1) is 25.7. The van der Waals surface area contributed by atoms with E-state index in [-0.39, 0.29) is 52.6 Å². The fourth-order valence-corrected chi connectivity index (χ4v) is 10.3.